The summed E-state index contributed by atoms with van der Waals surface area (Å²) in [4.78, 5) is 17.9. The van der Waals surface area contributed by atoms with E-state index in [1.165, 1.54) is 11.3 Å². The van der Waals surface area contributed by atoms with Gasteiger partial charge in [-0.25, -0.2) is 4.98 Å². The van der Waals surface area contributed by atoms with Gasteiger partial charge < -0.3 is 5.32 Å². The number of hydrogen-bond donors (Lipinski definition) is 1. The van der Waals surface area contributed by atoms with Crippen LogP contribution in [-0.2, 0) is 6.54 Å². The summed E-state index contributed by atoms with van der Waals surface area (Å²) in [6.07, 6.45) is 1.74. The first kappa shape index (κ1) is 11.9. The van der Waals surface area contributed by atoms with Crippen LogP contribution >= 0.6 is 11.3 Å². The summed E-state index contributed by atoms with van der Waals surface area (Å²) in [7, 11) is 0. The fraction of sp³-hybridized carbons (Fsp3) is 0.0667. The molecule has 0 fully saturated rings. The second-order valence-corrected chi connectivity index (χ2v) is 5.21. The average molecular weight is 268 g/mol. The van der Waals surface area contributed by atoms with E-state index in [9.17, 15) is 4.79 Å². The fourth-order valence-corrected chi connectivity index (χ4v) is 2.77. The fourth-order valence-electron chi connectivity index (χ4n) is 1.85. The molecule has 0 saturated heterocycles. The van der Waals surface area contributed by atoms with Crippen LogP contribution < -0.4 is 5.32 Å². The van der Waals surface area contributed by atoms with Crippen molar-refractivity contribution in [2.75, 3.05) is 0 Å². The molecule has 0 bridgehead atoms. The second kappa shape index (κ2) is 5.20. The van der Waals surface area contributed by atoms with E-state index in [1.54, 1.807) is 6.20 Å². The van der Waals surface area contributed by atoms with Crippen LogP contribution in [0.4, 0.5) is 0 Å². The quantitative estimate of drug-likeness (QED) is 0.792. The normalized spacial score (nSPS) is 10.5. The van der Waals surface area contributed by atoms with E-state index in [0.717, 1.165) is 15.8 Å². The lowest BCUT2D eigenvalue weighted by Crippen LogP contribution is -2.21. The van der Waals surface area contributed by atoms with E-state index in [4.69, 9.17) is 0 Å². The Hall–Kier alpha value is -2.20. The molecule has 0 unspecified atom stereocenters. The number of fused-ring (bicyclic) bond motifs is 1. The number of thiophene rings is 1. The van der Waals surface area contributed by atoms with Crippen molar-refractivity contribution in [2.45, 2.75) is 6.54 Å². The molecule has 94 valence electrons. The van der Waals surface area contributed by atoms with E-state index in [1.807, 2.05) is 48.5 Å². The number of hydrogen-bond acceptors (Lipinski definition) is 3. The standard InChI is InChI=1S/C15H12N2OS/c18-14(17-10-11-5-2-1-3-6-11)13-9-12-7-4-8-16-15(12)19-13/h1-9H,10H2,(H,17,18). The first-order valence-electron chi connectivity index (χ1n) is 5.99. The number of nitrogens with zero attached hydrogens (tertiary/aromatic N) is 1. The highest BCUT2D eigenvalue weighted by Gasteiger charge is 2.10. The lowest BCUT2D eigenvalue weighted by molar-refractivity contribution is 0.0955. The summed E-state index contributed by atoms with van der Waals surface area (Å²) in [5.41, 5.74) is 1.09. The van der Waals surface area contributed by atoms with Crippen molar-refractivity contribution < 1.29 is 4.79 Å². The zero-order chi connectivity index (χ0) is 13.1. The molecule has 4 heteroatoms. The smallest absolute Gasteiger partial charge is 0.261 e. The van der Waals surface area contributed by atoms with Crippen molar-refractivity contribution >= 4 is 27.5 Å². The summed E-state index contributed by atoms with van der Waals surface area (Å²) in [6.45, 7) is 0.543. The predicted molar refractivity (Wildman–Crippen MR) is 77.2 cm³/mol. The molecule has 0 atom stereocenters. The monoisotopic (exact) mass is 268 g/mol. The number of nitrogens with one attached hydrogen (secondary N) is 1. The Kier molecular flexibility index (Phi) is 3.25. The van der Waals surface area contributed by atoms with Crippen LogP contribution in [0, 0.1) is 0 Å². The maximum absolute atomic E-state index is 12.1. The molecule has 0 radical (unpaired) electrons. The van der Waals surface area contributed by atoms with Gasteiger partial charge in [0.1, 0.15) is 4.83 Å². The largest absolute Gasteiger partial charge is 0.347 e. The van der Waals surface area contributed by atoms with Crippen LogP contribution in [0.1, 0.15) is 15.2 Å². The molecule has 0 aliphatic carbocycles. The Labute approximate surface area is 114 Å². The molecule has 0 aliphatic rings. The van der Waals surface area contributed by atoms with Gasteiger partial charge in [-0.15, -0.1) is 11.3 Å². The highest BCUT2D eigenvalue weighted by Crippen LogP contribution is 2.23. The van der Waals surface area contributed by atoms with Crippen LogP contribution in [0.2, 0.25) is 0 Å². The van der Waals surface area contributed by atoms with Crippen molar-refractivity contribution in [3.8, 4) is 0 Å². The van der Waals surface area contributed by atoms with E-state index in [2.05, 4.69) is 10.3 Å². The van der Waals surface area contributed by atoms with Crippen LogP contribution in [0.3, 0.4) is 0 Å². The summed E-state index contributed by atoms with van der Waals surface area (Å²) >= 11 is 1.42. The molecule has 3 rings (SSSR count). The number of pyridine rings is 1. The first-order valence-corrected chi connectivity index (χ1v) is 6.81. The molecule has 0 aliphatic heterocycles. The average Bonchev–Trinajstić information content (AvgIpc) is 2.90. The van der Waals surface area contributed by atoms with Gasteiger partial charge in [0.25, 0.3) is 5.91 Å². The van der Waals surface area contributed by atoms with E-state index < -0.39 is 0 Å². The van der Waals surface area contributed by atoms with Gasteiger partial charge in [0.15, 0.2) is 0 Å². The Morgan fingerprint density at radius 3 is 2.79 bits per heavy atom. The van der Waals surface area contributed by atoms with Crippen LogP contribution in [0.5, 0.6) is 0 Å². The lowest BCUT2D eigenvalue weighted by Gasteiger charge is -2.02. The molecule has 3 aromatic rings. The maximum Gasteiger partial charge on any atom is 0.261 e. The van der Waals surface area contributed by atoms with Crippen LogP contribution in [0.15, 0.2) is 54.7 Å². The third kappa shape index (κ3) is 2.63. The number of aromatic nitrogens is 1. The molecular weight excluding hydrogens is 256 g/mol. The van der Waals surface area contributed by atoms with Gasteiger partial charge in [-0.05, 0) is 17.7 Å². The summed E-state index contributed by atoms with van der Waals surface area (Å²) < 4.78 is 0. The van der Waals surface area contributed by atoms with Crippen molar-refractivity contribution in [3.63, 3.8) is 0 Å². The topological polar surface area (TPSA) is 42.0 Å². The van der Waals surface area contributed by atoms with Crippen LogP contribution in [0.25, 0.3) is 10.2 Å². The van der Waals surface area contributed by atoms with Crippen LogP contribution in [-0.4, -0.2) is 10.9 Å². The predicted octanol–water partition coefficient (Wildman–Crippen LogP) is 3.23. The number of benzene rings is 1. The van der Waals surface area contributed by atoms with Gasteiger partial charge in [-0.2, -0.15) is 0 Å². The molecule has 19 heavy (non-hydrogen) atoms. The number of amides is 1. The minimum absolute atomic E-state index is 0.0492. The third-order valence-electron chi connectivity index (χ3n) is 2.81. The summed E-state index contributed by atoms with van der Waals surface area (Å²) in [6, 6.07) is 15.6. The SMILES string of the molecule is O=C(NCc1ccccc1)c1cc2cccnc2s1. The minimum Gasteiger partial charge on any atom is -0.347 e. The molecular formula is C15H12N2OS. The Bertz CT molecular complexity index is 673. The minimum atomic E-state index is -0.0492. The number of rotatable bonds is 3. The van der Waals surface area contributed by atoms with Gasteiger partial charge >= 0.3 is 0 Å². The first-order chi connectivity index (χ1) is 9.33. The molecule has 2 aromatic heterocycles. The van der Waals surface area contributed by atoms with Crippen molar-refractivity contribution in [3.05, 3.63) is 65.2 Å². The van der Waals surface area contributed by atoms with Gasteiger partial charge in [-0.3, -0.25) is 4.79 Å². The van der Waals surface area contributed by atoms with Gasteiger partial charge in [0, 0.05) is 18.1 Å². The molecule has 1 N–H and O–H groups in total. The highest BCUT2D eigenvalue weighted by molar-refractivity contribution is 7.20. The van der Waals surface area contributed by atoms with Gasteiger partial charge in [0.2, 0.25) is 0 Å². The molecule has 0 spiro atoms. The number of carbonyl (C=O) groups excluding carboxylic acids is 1. The van der Waals surface area contributed by atoms with E-state index >= 15 is 0 Å². The zero-order valence-electron chi connectivity index (χ0n) is 10.2. The summed E-state index contributed by atoms with van der Waals surface area (Å²) in [5.74, 6) is -0.0492. The highest BCUT2D eigenvalue weighted by atomic mass is 32.1. The summed E-state index contributed by atoms with van der Waals surface area (Å²) in [5, 5.41) is 3.93. The van der Waals surface area contributed by atoms with Gasteiger partial charge in [0.05, 0.1) is 4.88 Å². The van der Waals surface area contributed by atoms with Crippen molar-refractivity contribution in [1.82, 2.24) is 10.3 Å². The third-order valence-corrected chi connectivity index (χ3v) is 3.87. The van der Waals surface area contributed by atoms with Crippen molar-refractivity contribution in [1.29, 1.82) is 0 Å². The lowest BCUT2D eigenvalue weighted by atomic mass is 10.2. The van der Waals surface area contributed by atoms with E-state index in [-0.39, 0.29) is 5.91 Å². The maximum atomic E-state index is 12.1. The molecule has 3 nitrogen and oxygen atoms in total. The second-order valence-electron chi connectivity index (χ2n) is 4.18. The Morgan fingerprint density at radius 2 is 2.00 bits per heavy atom. The van der Waals surface area contributed by atoms with E-state index in [0.29, 0.717) is 11.4 Å². The van der Waals surface area contributed by atoms with Gasteiger partial charge in [-0.1, -0.05) is 36.4 Å². The zero-order valence-corrected chi connectivity index (χ0v) is 11.0. The number of carbonyl (C=O) groups is 1. The molecule has 0 saturated carbocycles. The molecule has 2 heterocycles. The molecule has 1 aromatic carbocycles. The molecule has 1 amide bonds. The Morgan fingerprint density at radius 1 is 1.16 bits per heavy atom. The van der Waals surface area contributed by atoms with Crippen molar-refractivity contribution in [2.24, 2.45) is 0 Å². The Balaban J connectivity index is 1.73.